The third kappa shape index (κ3) is 9.34. The number of hydrogen-bond donors (Lipinski definition) is 2. The first-order chi connectivity index (χ1) is 6.04. The molecule has 1 radical (unpaired) electrons. The van der Waals surface area contributed by atoms with Crippen LogP contribution >= 0.6 is 0 Å². The summed E-state index contributed by atoms with van der Waals surface area (Å²) in [6.07, 6.45) is 2.03. The van der Waals surface area contributed by atoms with Gasteiger partial charge in [-0.05, 0) is 19.9 Å². The third-order valence-electron chi connectivity index (χ3n) is 1.09. The van der Waals surface area contributed by atoms with Crippen molar-refractivity contribution in [3.05, 3.63) is 24.3 Å². The van der Waals surface area contributed by atoms with E-state index in [9.17, 15) is 4.79 Å². The summed E-state index contributed by atoms with van der Waals surface area (Å²) >= 11 is 0. The Labute approximate surface area is 97.7 Å². The molecule has 0 aliphatic heterocycles. The normalized spacial score (nSPS) is 10.2. The van der Waals surface area contributed by atoms with Crippen LogP contribution in [0.3, 0.4) is 0 Å². The standard InChI is InChI=1S/C5H6N2.C3H6O3.Ag/c1-5-2-3-6-4-7-5;1-2(4)3(5)6;/h2-4H,1H3;2,4H,1H3,(H,5,6);. The molecule has 0 amide bonds. The maximum absolute atomic E-state index is 9.45. The molecule has 0 bridgehead atoms. The molecule has 14 heavy (non-hydrogen) atoms. The Bertz CT molecular complexity index is 254. The van der Waals surface area contributed by atoms with Gasteiger partial charge in [-0.3, -0.25) is 0 Å². The number of carbonyl (C=O) groups is 1. The zero-order valence-corrected chi connectivity index (χ0v) is 9.29. The Kier molecular flexibility index (Phi) is 9.91. The summed E-state index contributed by atoms with van der Waals surface area (Å²) < 4.78 is 0. The van der Waals surface area contributed by atoms with Crippen LogP contribution in [0.2, 0.25) is 0 Å². The number of carboxylic acid groups (broad SMARTS) is 1. The third-order valence-corrected chi connectivity index (χ3v) is 1.09. The number of aliphatic hydroxyl groups is 1. The molecule has 1 heterocycles. The van der Waals surface area contributed by atoms with Crippen LogP contribution in [0.4, 0.5) is 0 Å². The fourth-order valence-corrected chi connectivity index (χ4v) is 0.357. The Hall–Kier alpha value is -0.750. The van der Waals surface area contributed by atoms with Crippen molar-refractivity contribution in [1.82, 2.24) is 9.97 Å². The number of nitrogens with zero attached hydrogens (tertiary/aromatic N) is 2. The molecule has 0 saturated heterocycles. The van der Waals surface area contributed by atoms with Crippen molar-refractivity contribution in [2.45, 2.75) is 20.0 Å². The molecule has 0 fully saturated rings. The Morgan fingerprint density at radius 3 is 2.21 bits per heavy atom. The maximum atomic E-state index is 9.45. The molecule has 0 spiro atoms. The number of aliphatic carboxylic acids is 1. The quantitative estimate of drug-likeness (QED) is 0.724. The van der Waals surface area contributed by atoms with Gasteiger partial charge in [0.15, 0.2) is 0 Å². The molecule has 0 aliphatic carbocycles. The van der Waals surface area contributed by atoms with Crippen molar-refractivity contribution >= 4 is 5.97 Å². The number of aliphatic hydroxyl groups excluding tert-OH is 1. The van der Waals surface area contributed by atoms with Gasteiger partial charge in [0.25, 0.3) is 0 Å². The summed E-state index contributed by atoms with van der Waals surface area (Å²) in [6.45, 7) is 3.13. The second-order valence-corrected chi connectivity index (χ2v) is 2.36. The van der Waals surface area contributed by atoms with Gasteiger partial charge in [-0.25, -0.2) is 14.8 Å². The molecular weight excluding hydrogens is 280 g/mol. The summed E-state index contributed by atoms with van der Waals surface area (Å²) in [6, 6.07) is 1.86. The number of carboxylic acids is 1. The monoisotopic (exact) mass is 291 g/mol. The number of hydrogen-bond acceptors (Lipinski definition) is 4. The van der Waals surface area contributed by atoms with E-state index >= 15 is 0 Å². The van der Waals surface area contributed by atoms with Crippen LogP contribution in [0.5, 0.6) is 0 Å². The van der Waals surface area contributed by atoms with E-state index in [4.69, 9.17) is 10.2 Å². The molecular formula is C8H12AgN2O3. The van der Waals surface area contributed by atoms with Gasteiger partial charge in [-0.2, -0.15) is 0 Å². The molecule has 2 N–H and O–H groups in total. The molecule has 0 aromatic carbocycles. The molecule has 1 rings (SSSR count). The molecule has 1 unspecified atom stereocenters. The first-order valence-corrected chi connectivity index (χ1v) is 3.67. The number of rotatable bonds is 1. The van der Waals surface area contributed by atoms with Crippen LogP contribution < -0.4 is 0 Å². The van der Waals surface area contributed by atoms with Gasteiger partial charge < -0.3 is 10.2 Å². The van der Waals surface area contributed by atoms with Crippen LogP contribution in [0.15, 0.2) is 18.6 Å². The number of aryl methyl sites for hydroxylation is 1. The molecule has 6 heteroatoms. The largest absolute Gasteiger partial charge is 0.479 e. The zero-order valence-electron chi connectivity index (χ0n) is 7.81. The maximum Gasteiger partial charge on any atom is 0.332 e. The fourth-order valence-electron chi connectivity index (χ4n) is 0.357. The van der Waals surface area contributed by atoms with Gasteiger partial charge in [0.05, 0.1) is 0 Å². The Morgan fingerprint density at radius 2 is 2.07 bits per heavy atom. The van der Waals surface area contributed by atoms with Crippen molar-refractivity contribution in [3.63, 3.8) is 0 Å². The molecule has 5 nitrogen and oxygen atoms in total. The van der Waals surface area contributed by atoms with E-state index in [2.05, 4.69) is 9.97 Å². The van der Waals surface area contributed by atoms with Crippen molar-refractivity contribution in [2.24, 2.45) is 0 Å². The van der Waals surface area contributed by atoms with Gasteiger partial charge in [-0.15, -0.1) is 0 Å². The minimum Gasteiger partial charge on any atom is -0.479 e. The van der Waals surface area contributed by atoms with Crippen molar-refractivity contribution in [2.75, 3.05) is 0 Å². The van der Waals surface area contributed by atoms with E-state index in [-0.39, 0.29) is 22.4 Å². The van der Waals surface area contributed by atoms with Crippen LogP contribution in [-0.2, 0) is 27.2 Å². The smallest absolute Gasteiger partial charge is 0.332 e. The van der Waals surface area contributed by atoms with E-state index < -0.39 is 12.1 Å². The van der Waals surface area contributed by atoms with E-state index in [1.807, 2.05) is 13.0 Å². The van der Waals surface area contributed by atoms with Crippen LogP contribution in [-0.4, -0.2) is 32.3 Å². The Morgan fingerprint density at radius 1 is 1.57 bits per heavy atom. The van der Waals surface area contributed by atoms with Gasteiger partial charge >= 0.3 is 5.97 Å². The average molecular weight is 292 g/mol. The summed E-state index contributed by atoms with van der Waals surface area (Å²) in [5.74, 6) is -1.19. The van der Waals surface area contributed by atoms with Crippen LogP contribution in [0.25, 0.3) is 0 Å². The van der Waals surface area contributed by atoms with E-state index in [0.717, 1.165) is 5.69 Å². The average Bonchev–Trinajstić information content (AvgIpc) is 2.06. The summed E-state index contributed by atoms with van der Waals surface area (Å²) in [5.41, 5.74) is 1.01. The second kappa shape index (κ2) is 8.83. The van der Waals surface area contributed by atoms with Gasteiger partial charge in [-0.1, -0.05) is 0 Å². The molecule has 0 saturated carbocycles. The van der Waals surface area contributed by atoms with E-state index in [0.29, 0.717) is 0 Å². The molecule has 1 aromatic heterocycles. The van der Waals surface area contributed by atoms with Crippen LogP contribution in [0, 0.1) is 6.92 Å². The topological polar surface area (TPSA) is 83.3 Å². The first kappa shape index (κ1) is 15.7. The van der Waals surface area contributed by atoms with Crippen LogP contribution in [0.1, 0.15) is 12.6 Å². The summed E-state index contributed by atoms with van der Waals surface area (Å²) in [4.78, 5) is 17.1. The van der Waals surface area contributed by atoms with Crippen molar-refractivity contribution in [3.8, 4) is 0 Å². The molecule has 1 atom stereocenters. The second-order valence-electron chi connectivity index (χ2n) is 2.36. The fraction of sp³-hybridized carbons (Fsp3) is 0.375. The minimum atomic E-state index is -1.23. The molecule has 0 aliphatic rings. The zero-order chi connectivity index (χ0) is 10.3. The van der Waals surface area contributed by atoms with Crippen molar-refractivity contribution < 1.29 is 37.4 Å². The predicted molar refractivity (Wildman–Crippen MR) is 46.1 cm³/mol. The van der Waals surface area contributed by atoms with E-state index in [1.165, 1.54) is 13.3 Å². The summed E-state index contributed by atoms with van der Waals surface area (Å²) in [7, 11) is 0. The van der Waals surface area contributed by atoms with Gasteiger partial charge in [0.1, 0.15) is 12.4 Å². The van der Waals surface area contributed by atoms with Crippen molar-refractivity contribution in [1.29, 1.82) is 0 Å². The van der Waals surface area contributed by atoms with Gasteiger partial charge in [0, 0.05) is 34.3 Å². The summed E-state index contributed by atoms with van der Waals surface area (Å²) in [5, 5.41) is 15.8. The van der Waals surface area contributed by atoms with Gasteiger partial charge in [0.2, 0.25) is 0 Å². The number of aromatic nitrogens is 2. The minimum absolute atomic E-state index is 0. The predicted octanol–water partition coefficient (Wildman–Crippen LogP) is 0.234. The molecule has 83 valence electrons. The Balaban J connectivity index is 0. The molecule has 1 aromatic rings. The SMILES string of the molecule is CC(O)C(=O)O.Cc1ccncn1.[Ag]. The van der Waals surface area contributed by atoms with E-state index in [1.54, 1.807) is 6.20 Å². The first-order valence-electron chi connectivity index (χ1n) is 3.67.